The molecule has 5 nitrogen and oxygen atoms in total. The highest BCUT2D eigenvalue weighted by atomic mass is 16.4. The lowest BCUT2D eigenvalue weighted by Gasteiger charge is -2.19. The number of aliphatic hydroxyl groups excluding tert-OH is 1. The molecule has 0 rings (SSSR count). The Balaban J connectivity index is 3.90. The molecule has 0 aromatic rings. The van der Waals surface area contributed by atoms with Gasteiger partial charge in [0, 0.05) is 25.9 Å². The molecule has 1 amide bonds. The third kappa shape index (κ3) is 4.23. The molecule has 0 saturated heterocycles. The Morgan fingerprint density at radius 3 is 2.21 bits per heavy atom. The second kappa shape index (κ2) is 5.59. The Labute approximate surface area is 83.3 Å². The van der Waals surface area contributed by atoms with Crippen molar-refractivity contribution in [3.8, 4) is 0 Å². The van der Waals surface area contributed by atoms with Gasteiger partial charge in [0.05, 0.1) is 0 Å². The van der Waals surface area contributed by atoms with Gasteiger partial charge in [-0.25, -0.2) is 4.79 Å². The van der Waals surface area contributed by atoms with E-state index in [1.165, 1.54) is 4.90 Å². The summed E-state index contributed by atoms with van der Waals surface area (Å²) in [4.78, 5) is 23.0. The minimum atomic E-state index is -1.39. The van der Waals surface area contributed by atoms with Crippen LogP contribution in [-0.2, 0) is 9.59 Å². The molecular weight excluding hydrogens is 186 g/mol. The molecule has 0 aromatic heterocycles. The maximum Gasteiger partial charge on any atom is 0.332 e. The van der Waals surface area contributed by atoms with Crippen LogP contribution in [0.15, 0.2) is 0 Å². The molecule has 0 aliphatic heterocycles. The minimum Gasteiger partial charge on any atom is -0.479 e. The number of aliphatic hydroxyl groups is 1. The average molecular weight is 203 g/mol. The van der Waals surface area contributed by atoms with E-state index in [-0.39, 0.29) is 24.8 Å². The van der Waals surface area contributed by atoms with Gasteiger partial charge in [-0.1, -0.05) is 13.8 Å². The van der Waals surface area contributed by atoms with Crippen molar-refractivity contribution in [1.82, 2.24) is 4.90 Å². The molecule has 0 aliphatic carbocycles. The summed E-state index contributed by atoms with van der Waals surface area (Å²) in [5.41, 5.74) is 0. The highest BCUT2D eigenvalue weighted by molar-refractivity contribution is 5.78. The smallest absolute Gasteiger partial charge is 0.332 e. The summed E-state index contributed by atoms with van der Waals surface area (Å²) in [6.45, 7) is 3.80. The molecule has 1 atom stereocenters. The number of rotatable bonds is 5. The molecule has 0 bridgehead atoms. The molecule has 2 N–H and O–H groups in total. The molecule has 0 aromatic carbocycles. The summed E-state index contributed by atoms with van der Waals surface area (Å²) in [6, 6.07) is 0. The van der Waals surface area contributed by atoms with E-state index in [4.69, 9.17) is 10.2 Å². The van der Waals surface area contributed by atoms with E-state index in [0.717, 1.165) is 0 Å². The van der Waals surface area contributed by atoms with Crippen molar-refractivity contribution >= 4 is 11.9 Å². The number of hydrogen-bond acceptors (Lipinski definition) is 3. The van der Waals surface area contributed by atoms with E-state index >= 15 is 0 Å². The van der Waals surface area contributed by atoms with Crippen LogP contribution in [0.1, 0.15) is 20.3 Å². The van der Waals surface area contributed by atoms with E-state index in [0.29, 0.717) is 0 Å². The summed E-state index contributed by atoms with van der Waals surface area (Å²) < 4.78 is 0. The van der Waals surface area contributed by atoms with E-state index in [1.807, 2.05) is 0 Å². The second-order valence-corrected chi connectivity index (χ2v) is 3.56. The fourth-order valence-electron chi connectivity index (χ4n) is 0.990. The number of hydrogen-bond donors (Lipinski definition) is 2. The summed E-state index contributed by atoms with van der Waals surface area (Å²) in [7, 11) is 1.59. The molecular formula is C9H17NO4. The number of carbonyl (C=O) groups excluding carboxylic acids is 1. The van der Waals surface area contributed by atoms with Crippen molar-refractivity contribution < 1.29 is 19.8 Å². The molecule has 0 heterocycles. The van der Waals surface area contributed by atoms with Gasteiger partial charge in [0.1, 0.15) is 0 Å². The number of carboxylic acid groups (broad SMARTS) is 1. The van der Waals surface area contributed by atoms with Gasteiger partial charge in [0.15, 0.2) is 6.10 Å². The Hall–Kier alpha value is -1.10. The minimum absolute atomic E-state index is 0.0532. The van der Waals surface area contributed by atoms with Gasteiger partial charge in [-0.2, -0.15) is 0 Å². The topological polar surface area (TPSA) is 77.8 Å². The van der Waals surface area contributed by atoms with Crippen molar-refractivity contribution in [2.75, 3.05) is 13.6 Å². The predicted octanol–water partition coefficient (Wildman–Crippen LogP) is -0.0636. The molecule has 5 heteroatoms. The van der Waals surface area contributed by atoms with Crippen molar-refractivity contribution in [2.24, 2.45) is 5.92 Å². The normalized spacial score (nSPS) is 12.6. The molecule has 82 valence electrons. The van der Waals surface area contributed by atoms with Crippen LogP contribution in [0, 0.1) is 5.92 Å². The third-order valence-electron chi connectivity index (χ3n) is 1.89. The van der Waals surface area contributed by atoms with Crippen LogP contribution in [0.3, 0.4) is 0 Å². The Bertz CT molecular complexity index is 215. The first kappa shape index (κ1) is 12.9. The van der Waals surface area contributed by atoms with Crippen molar-refractivity contribution in [3.05, 3.63) is 0 Å². The maximum atomic E-state index is 11.3. The van der Waals surface area contributed by atoms with E-state index in [2.05, 4.69) is 0 Å². The molecule has 0 fully saturated rings. The molecule has 0 radical (unpaired) electrons. The average Bonchev–Trinajstić information content (AvgIpc) is 2.11. The molecule has 0 saturated carbocycles. The van der Waals surface area contributed by atoms with Gasteiger partial charge in [0.25, 0.3) is 0 Å². The summed E-state index contributed by atoms with van der Waals surface area (Å²) in [5.74, 6) is -1.42. The van der Waals surface area contributed by atoms with Gasteiger partial charge in [0.2, 0.25) is 5.91 Å². The van der Waals surface area contributed by atoms with Gasteiger partial charge in [-0.3, -0.25) is 4.79 Å². The van der Waals surface area contributed by atoms with Gasteiger partial charge < -0.3 is 15.1 Å². The Morgan fingerprint density at radius 2 is 1.86 bits per heavy atom. The summed E-state index contributed by atoms with van der Waals surface area (Å²) in [5, 5.41) is 17.3. The quantitative estimate of drug-likeness (QED) is 0.656. The first-order valence-corrected chi connectivity index (χ1v) is 4.52. The number of amides is 1. The van der Waals surface area contributed by atoms with Gasteiger partial charge in [-0.05, 0) is 0 Å². The van der Waals surface area contributed by atoms with E-state index in [9.17, 15) is 9.59 Å². The van der Waals surface area contributed by atoms with Crippen LogP contribution >= 0.6 is 0 Å². The highest BCUT2D eigenvalue weighted by Gasteiger charge is 2.17. The molecule has 14 heavy (non-hydrogen) atoms. The zero-order valence-electron chi connectivity index (χ0n) is 8.73. The lowest BCUT2D eigenvalue weighted by atomic mass is 10.2. The van der Waals surface area contributed by atoms with E-state index in [1.54, 1.807) is 20.9 Å². The van der Waals surface area contributed by atoms with Gasteiger partial charge >= 0.3 is 5.97 Å². The Morgan fingerprint density at radius 1 is 1.36 bits per heavy atom. The van der Waals surface area contributed by atoms with Crippen molar-refractivity contribution in [3.63, 3.8) is 0 Å². The summed E-state index contributed by atoms with van der Waals surface area (Å²) >= 11 is 0. The fourth-order valence-corrected chi connectivity index (χ4v) is 0.990. The second-order valence-electron chi connectivity index (χ2n) is 3.56. The van der Waals surface area contributed by atoms with Crippen molar-refractivity contribution in [1.29, 1.82) is 0 Å². The standard InChI is InChI=1S/C9H17NO4/c1-6(2)8(12)10(3)5-4-7(11)9(13)14/h6-7,11H,4-5H2,1-3H3,(H,13,14)/t7-/m0/s1. The maximum absolute atomic E-state index is 11.3. The van der Waals surface area contributed by atoms with Crippen LogP contribution in [0.25, 0.3) is 0 Å². The third-order valence-corrected chi connectivity index (χ3v) is 1.89. The Kier molecular flexibility index (Phi) is 5.15. The van der Waals surface area contributed by atoms with Crippen LogP contribution in [0.4, 0.5) is 0 Å². The lowest BCUT2D eigenvalue weighted by Crippen LogP contribution is -2.34. The fraction of sp³-hybridized carbons (Fsp3) is 0.778. The largest absolute Gasteiger partial charge is 0.479 e. The zero-order chi connectivity index (χ0) is 11.3. The van der Waals surface area contributed by atoms with Crippen LogP contribution in [-0.4, -0.2) is 46.7 Å². The first-order chi connectivity index (χ1) is 6.36. The predicted molar refractivity (Wildman–Crippen MR) is 50.7 cm³/mol. The monoisotopic (exact) mass is 203 g/mol. The van der Waals surface area contributed by atoms with Crippen LogP contribution in [0.5, 0.6) is 0 Å². The number of nitrogens with zero attached hydrogens (tertiary/aromatic N) is 1. The highest BCUT2D eigenvalue weighted by Crippen LogP contribution is 2.01. The molecule has 0 spiro atoms. The van der Waals surface area contributed by atoms with Crippen LogP contribution < -0.4 is 0 Å². The number of carbonyl (C=O) groups is 2. The van der Waals surface area contributed by atoms with Crippen LogP contribution in [0.2, 0.25) is 0 Å². The number of carboxylic acids is 1. The molecule has 0 unspecified atom stereocenters. The molecule has 0 aliphatic rings. The van der Waals surface area contributed by atoms with Crippen molar-refractivity contribution in [2.45, 2.75) is 26.4 Å². The SMILES string of the molecule is CC(C)C(=O)N(C)CC[C@H](O)C(=O)O. The summed E-state index contributed by atoms with van der Waals surface area (Å²) in [6.07, 6.45) is -1.33. The van der Waals surface area contributed by atoms with Gasteiger partial charge in [-0.15, -0.1) is 0 Å². The lowest BCUT2D eigenvalue weighted by molar-refractivity contribution is -0.147. The number of aliphatic carboxylic acids is 1. The van der Waals surface area contributed by atoms with E-state index < -0.39 is 12.1 Å². The zero-order valence-corrected chi connectivity index (χ0v) is 8.73. The first-order valence-electron chi connectivity index (χ1n) is 4.52.